The van der Waals surface area contributed by atoms with E-state index in [2.05, 4.69) is 6.92 Å². The molecule has 1 unspecified atom stereocenters. The van der Waals surface area contributed by atoms with Crippen molar-refractivity contribution < 1.29 is 14.7 Å². The second-order valence-corrected chi connectivity index (χ2v) is 5.78. The van der Waals surface area contributed by atoms with Gasteiger partial charge in [0.05, 0.1) is 0 Å². The van der Waals surface area contributed by atoms with E-state index in [1.807, 2.05) is 27.8 Å². The summed E-state index contributed by atoms with van der Waals surface area (Å²) in [5.74, 6) is -0.364. The number of aromatic nitrogens is 1. The minimum Gasteiger partial charge on any atom is -0.481 e. The molecule has 5 nitrogen and oxygen atoms in total. The highest BCUT2D eigenvalue weighted by Crippen LogP contribution is 2.22. The molecule has 2 rings (SSSR count). The molecule has 1 saturated heterocycles. The van der Waals surface area contributed by atoms with Crippen molar-refractivity contribution >= 4 is 11.9 Å². The first-order chi connectivity index (χ1) is 10.1. The molecule has 0 aliphatic carbocycles. The topological polar surface area (TPSA) is 62.5 Å². The second kappa shape index (κ2) is 7.29. The maximum absolute atomic E-state index is 12.6. The lowest BCUT2D eigenvalue weighted by molar-refractivity contribution is -0.137. The highest BCUT2D eigenvalue weighted by atomic mass is 16.4. The number of aryl methyl sites for hydroxylation is 1. The predicted molar refractivity (Wildman–Crippen MR) is 80.2 cm³/mol. The molecule has 21 heavy (non-hydrogen) atoms. The number of carbonyl (C=O) groups is 2. The molecular formula is C16H24N2O3. The molecule has 1 aliphatic heterocycles. The van der Waals surface area contributed by atoms with Gasteiger partial charge in [-0.25, -0.2) is 0 Å². The van der Waals surface area contributed by atoms with E-state index < -0.39 is 5.97 Å². The smallest absolute Gasteiger partial charge is 0.303 e. The first kappa shape index (κ1) is 15.6. The average Bonchev–Trinajstić information content (AvgIpc) is 2.93. The minimum atomic E-state index is -0.754. The molecule has 1 amide bonds. The normalized spacial score (nSPS) is 18.7. The predicted octanol–water partition coefficient (Wildman–Crippen LogP) is 2.62. The minimum absolute atomic E-state index is 0.0773. The largest absolute Gasteiger partial charge is 0.481 e. The summed E-state index contributed by atoms with van der Waals surface area (Å²) in [7, 11) is 0. The number of carboxylic acid groups (broad SMARTS) is 1. The van der Waals surface area contributed by atoms with Crippen LogP contribution in [0.3, 0.4) is 0 Å². The van der Waals surface area contributed by atoms with Gasteiger partial charge in [-0.1, -0.05) is 6.92 Å². The van der Waals surface area contributed by atoms with Gasteiger partial charge < -0.3 is 14.6 Å². The molecule has 0 spiro atoms. The first-order valence-electron chi connectivity index (χ1n) is 7.78. The van der Waals surface area contributed by atoms with Gasteiger partial charge >= 0.3 is 5.97 Å². The number of carboxylic acids is 1. The van der Waals surface area contributed by atoms with E-state index in [9.17, 15) is 9.59 Å². The maximum atomic E-state index is 12.6. The molecule has 0 bridgehead atoms. The molecule has 1 aromatic rings. The number of aliphatic carboxylic acids is 1. The fourth-order valence-corrected chi connectivity index (χ4v) is 3.02. The van der Waals surface area contributed by atoms with Gasteiger partial charge in [-0.3, -0.25) is 9.59 Å². The molecule has 0 radical (unpaired) electrons. The Morgan fingerprint density at radius 3 is 2.95 bits per heavy atom. The number of nitrogens with zero attached hydrogens (tertiary/aromatic N) is 2. The van der Waals surface area contributed by atoms with Crippen LogP contribution in [-0.4, -0.2) is 39.5 Å². The van der Waals surface area contributed by atoms with Crippen LogP contribution in [-0.2, 0) is 11.3 Å². The second-order valence-electron chi connectivity index (χ2n) is 5.78. The Bertz CT molecular complexity index is 495. The summed E-state index contributed by atoms with van der Waals surface area (Å²) in [4.78, 5) is 25.2. The number of likely N-dealkylation sites (tertiary alicyclic amines) is 1. The average molecular weight is 292 g/mol. The number of hydrogen-bond donors (Lipinski definition) is 1. The first-order valence-corrected chi connectivity index (χ1v) is 7.78. The zero-order valence-electron chi connectivity index (χ0n) is 12.6. The number of hydrogen-bond acceptors (Lipinski definition) is 2. The quantitative estimate of drug-likeness (QED) is 0.876. The van der Waals surface area contributed by atoms with Crippen LogP contribution in [0, 0.1) is 5.92 Å². The van der Waals surface area contributed by atoms with Crippen LogP contribution in [0.1, 0.15) is 49.5 Å². The summed E-state index contributed by atoms with van der Waals surface area (Å²) in [6, 6.07) is 3.79. The summed E-state index contributed by atoms with van der Waals surface area (Å²) < 4.78 is 2.00. The van der Waals surface area contributed by atoms with E-state index in [1.165, 1.54) is 0 Å². The third-order valence-electron chi connectivity index (χ3n) is 4.09. The molecule has 5 heteroatoms. The Kier molecular flexibility index (Phi) is 5.42. The van der Waals surface area contributed by atoms with Crippen molar-refractivity contribution in [2.75, 3.05) is 13.1 Å². The summed E-state index contributed by atoms with van der Waals surface area (Å²) >= 11 is 0. The van der Waals surface area contributed by atoms with Gasteiger partial charge in [-0.05, 0) is 43.7 Å². The Morgan fingerprint density at radius 1 is 1.43 bits per heavy atom. The van der Waals surface area contributed by atoms with Crippen molar-refractivity contribution in [2.45, 2.75) is 45.6 Å². The van der Waals surface area contributed by atoms with E-state index in [0.29, 0.717) is 18.9 Å². The van der Waals surface area contributed by atoms with Crippen LogP contribution in [0.5, 0.6) is 0 Å². The van der Waals surface area contributed by atoms with Gasteiger partial charge in [0.1, 0.15) is 5.69 Å². The lowest BCUT2D eigenvalue weighted by Gasteiger charge is -2.32. The van der Waals surface area contributed by atoms with Crippen molar-refractivity contribution in [3.05, 3.63) is 24.0 Å². The van der Waals surface area contributed by atoms with E-state index in [4.69, 9.17) is 5.11 Å². The van der Waals surface area contributed by atoms with Crippen LogP contribution < -0.4 is 0 Å². The standard InChI is InChI=1S/C16H24N2O3/c1-2-9-17-10-4-6-14(17)16(21)18-11-3-5-13(12-18)7-8-15(19)20/h4,6,10,13H,2-3,5,7-9,11-12H2,1H3,(H,19,20). The summed E-state index contributed by atoms with van der Waals surface area (Å²) in [5.41, 5.74) is 0.746. The Morgan fingerprint density at radius 2 is 2.24 bits per heavy atom. The molecular weight excluding hydrogens is 268 g/mol. The number of piperidine rings is 1. The molecule has 2 heterocycles. The SMILES string of the molecule is CCCn1cccc1C(=O)N1CCCC(CCC(=O)O)C1. The zero-order valence-corrected chi connectivity index (χ0v) is 12.6. The monoisotopic (exact) mass is 292 g/mol. The highest BCUT2D eigenvalue weighted by molar-refractivity contribution is 5.92. The number of amides is 1. The lowest BCUT2D eigenvalue weighted by atomic mass is 9.93. The van der Waals surface area contributed by atoms with Crippen molar-refractivity contribution in [3.63, 3.8) is 0 Å². The van der Waals surface area contributed by atoms with E-state index in [-0.39, 0.29) is 12.3 Å². The van der Waals surface area contributed by atoms with Crippen LogP contribution in [0.25, 0.3) is 0 Å². The van der Waals surface area contributed by atoms with Gasteiger partial charge in [0.2, 0.25) is 0 Å². The van der Waals surface area contributed by atoms with Gasteiger partial charge in [0.15, 0.2) is 0 Å². The van der Waals surface area contributed by atoms with Crippen LogP contribution in [0.2, 0.25) is 0 Å². The molecule has 116 valence electrons. The van der Waals surface area contributed by atoms with Gasteiger partial charge in [0, 0.05) is 32.3 Å². The van der Waals surface area contributed by atoms with Crippen LogP contribution in [0.4, 0.5) is 0 Å². The van der Waals surface area contributed by atoms with Gasteiger partial charge in [-0.2, -0.15) is 0 Å². The number of rotatable bonds is 6. The van der Waals surface area contributed by atoms with E-state index in [0.717, 1.165) is 38.0 Å². The Balaban J connectivity index is 1.98. The third kappa shape index (κ3) is 4.09. The molecule has 1 aliphatic rings. The molecule has 0 aromatic carbocycles. The summed E-state index contributed by atoms with van der Waals surface area (Å²) in [5, 5.41) is 8.78. The van der Waals surface area contributed by atoms with Crippen LogP contribution >= 0.6 is 0 Å². The summed E-state index contributed by atoms with van der Waals surface area (Å²) in [6.45, 7) is 4.41. The van der Waals surface area contributed by atoms with Crippen molar-refractivity contribution in [2.24, 2.45) is 5.92 Å². The van der Waals surface area contributed by atoms with Gasteiger partial charge in [0.25, 0.3) is 5.91 Å². The zero-order chi connectivity index (χ0) is 15.2. The fourth-order valence-electron chi connectivity index (χ4n) is 3.02. The van der Waals surface area contributed by atoms with E-state index >= 15 is 0 Å². The van der Waals surface area contributed by atoms with E-state index in [1.54, 1.807) is 0 Å². The number of carbonyl (C=O) groups excluding carboxylic acids is 1. The Hall–Kier alpha value is -1.78. The van der Waals surface area contributed by atoms with Crippen LogP contribution in [0.15, 0.2) is 18.3 Å². The lowest BCUT2D eigenvalue weighted by Crippen LogP contribution is -2.40. The van der Waals surface area contributed by atoms with Gasteiger partial charge in [-0.15, -0.1) is 0 Å². The molecule has 1 aromatic heterocycles. The highest BCUT2D eigenvalue weighted by Gasteiger charge is 2.26. The maximum Gasteiger partial charge on any atom is 0.303 e. The fraction of sp³-hybridized carbons (Fsp3) is 0.625. The molecule has 1 fully saturated rings. The van der Waals surface area contributed by atoms with Crippen molar-refractivity contribution in [3.8, 4) is 0 Å². The Labute approximate surface area is 125 Å². The molecule has 0 saturated carbocycles. The third-order valence-corrected chi connectivity index (χ3v) is 4.09. The van der Waals surface area contributed by atoms with Crippen molar-refractivity contribution in [1.82, 2.24) is 9.47 Å². The molecule has 1 atom stereocenters. The molecule has 1 N–H and O–H groups in total. The summed E-state index contributed by atoms with van der Waals surface area (Å²) in [6.07, 6.45) is 5.78. The van der Waals surface area contributed by atoms with Crippen molar-refractivity contribution in [1.29, 1.82) is 0 Å².